The number of carboxylic acid groups (broad SMARTS) is 1. The van der Waals surface area contributed by atoms with E-state index in [1.807, 2.05) is 11.4 Å². The van der Waals surface area contributed by atoms with Crippen molar-refractivity contribution >= 4 is 34.8 Å². The lowest BCUT2D eigenvalue weighted by atomic mass is 10.1. The van der Waals surface area contributed by atoms with Gasteiger partial charge in [-0.25, -0.2) is 4.79 Å². The molecule has 136 valence electrons. The molecule has 0 unspecified atom stereocenters. The van der Waals surface area contributed by atoms with Crippen molar-refractivity contribution in [1.82, 2.24) is 4.90 Å². The number of carboxylic acids is 1. The molecule has 2 heterocycles. The SMILES string of the molecule is Cc1ccc(NC(=O)CCC(=O)N2CCc3sccc3C2)cc1C(=O)O. The first kappa shape index (κ1) is 18.1. The number of hydrogen-bond donors (Lipinski definition) is 2. The van der Waals surface area contributed by atoms with Crippen LogP contribution >= 0.6 is 11.3 Å². The van der Waals surface area contributed by atoms with Crippen molar-refractivity contribution in [2.75, 3.05) is 11.9 Å². The molecule has 0 saturated heterocycles. The van der Waals surface area contributed by atoms with Crippen LogP contribution < -0.4 is 5.32 Å². The molecule has 6 nitrogen and oxygen atoms in total. The molecule has 1 aromatic carbocycles. The monoisotopic (exact) mass is 372 g/mol. The van der Waals surface area contributed by atoms with Gasteiger partial charge in [0.15, 0.2) is 0 Å². The second kappa shape index (κ2) is 7.70. The Morgan fingerprint density at radius 1 is 1.23 bits per heavy atom. The van der Waals surface area contributed by atoms with Gasteiger partial charge in [0.25, 0.3) is 0 Å². The predicted octanol–water partition coefficient (Wildman–Crippen LogP) is 3.06. The van der Waals surface area contributed by atoms with E-state index in [-0.39, 0.29) is 30.2 Å². The quantitative estimate of drug-likeness (QED) is 0.844. The van der Waals surface area contributed by atoms with Crippen LogP contribution in [0.2, 0.25) is 0 Å². The molecule has 1 aromatic heterocycles. The zero-order chi connectivity index (χ0) is 18.7. The van der Waals surface area contributed by atoms with Crippen molar-refractivity contribution in [2.24, 2.45) is 0 Å². The molecule has 3 rings (SSSR count). The molecule has 2 N–H and O–H groups in total. The van der Waals surface area contributed by atoms with Gasteiger partial charge in [0.05, 0.1) is 5.56 Å². The van der Waals surface area contributed by atoms with E-state index < -0.39 is 5.97 Å². The lowest BCUT2D eigenvalue weighted by Crippen LogP contribution is -2.35. The van der Waals surface area contributed by atoms with Crippen molar-refractivity contribution in [3.63, 3.8) is 0 Å². The van der Waals surface area contributed by atoms with Gasteiger partial charge in [0.2, 0.25) is 11.8 Å². The maximum atomic E-state index is 12.3. The second-order valence-corrected chi connectivity index (χ2v) is 7.32. The molecule has 7 heteroatoms. The molecule has 1 aliphatic rings. The van der Waals surface area contributed by atoms with E-state index in [1.165, 1.54) is 16.5 Å². The number of nitrogens with one attached hydrogen (secondary N) is 1. The topological polar surface area (TPSA) is 86.7 Å². The summed E-state index contributed by atoms with van der Waals surface area (Å²) in [6, 6.07) is 6.78. The van der Waals surface area contributed by atoms with Crippen LogP contribution in [0.15, 0.2) is 29.6 Å². The molecular formula is C19H20N2O4S. The number of aromatic carboxylic acids is 1. The van der Waals surface area contributed by atoms with Crippen LogP contribution in [0.5, 0.6) is 0 Å². The molecule has 0 spiro atoms. The number of anilines is 1. The lowest BCUT2D eigenvalue weighted by molar-refractivity contribution is -0.133. The summed E-state index contributed by atoms with van der Waals surface area (Å²) in [5.74, 6) is -1.37. The zero-order valence-electron chi connectivity index (χ0n) is 14.4. The summed E-state index contributed by atoms with van der Waals surface area (Å²) >= 11 is 1.72. The molecule has 0 saturated carbocycles. The third-order valence-corrected chi connectivity index (χ3v) is 5.50. The Balaban J connectivity index is 1.52. The summed E-state index contributed by atoms with van der Waals surface area (Å²) in [6.45, 7) is 3.00. The smallest absolute Gasteiger partial charge is 0.336 e. The number of hydrogen-bond acceptors (Lipinski definition) is 4. The van der Waals surface area contributed by atoms with Crippen molar-refractivity contribution in [3.8, 4) is 0 Å². The van der Waals surface area contributed by atoms with E-state index in [0.29, 0.717) is 24.3 Å². The Kier molecular flexibility index (Phi) is 5.37. The molecule has 0 fully saturated rings. The molecule has 2 aromatic rings. The highest BCUT2D eigenvalue weighted by Crippen LogP contribution is 2.24. The predicted molar refractivity (Wildman–Crippen MR) is 99.4 cm³/mol. The van der Waals surface area contributed by atoms with Crippen molar-refractivity contribution in [1.29, 1.82) is 0 Å². The van der Waals surface area contributed by atoms with E-state index in [9.17, 15) is 14.4 Å². The number of rotatable bonds is 5. The molecule has 2 amide bonds. The second-order valence-electron chi connectivity index (χ2n) is 6.32. The van der Waals surface area contributed by atoms with Crippen LogP contribution in [-0.4, -0.2) is 34.3 Å². The summed E-state index contributed by atoms with van der Waals surface area (Å²) in [6.07, 6.45) is 1.08. The first-order valence-electron chi connectivity index (χ1n) is 8.41. The first-order chi connectivity index (χ1) is 12.4. The van der Waals surface area contributed by atoms with Crippen molar-refractivity contribution in [3.05, 3.63) is 51.2 Å². The van der Waals surface area contributed by atoms with Crippen molar-refractivity contribution < 1.29 is 19.5 Å². The molecule has 1 aliphatic heterocycles. The lowest BCUT2D eigenvalue weighted by Gasteiger charge is -2.27. The minimum atomic E-state index is -1.04. The molecule has 0 aliphatic carbocycles. The molecule has 0 atom stereocenters. The van der Waals surface area contributed by atoms with E-state index >= 15 is 0 Å². The Labute approximate surface area is 155 Å². The van der Waals surface area contributed by atoms with Crippen LogP contribution in [0, 0.1) is 6.92 Å². The van der Waals surface area contributed by atoms with Gasteiger partial charge in [-0.05, 0) is 48.1 Å². The first-order valence-corrected chi connectivity index (χ1v) is 9.29. The molecule has 26 heavy (non-hydrogen) atoms. The van der Waals surface area contributed by atoms with E-state index in [1.54, 1.807) is 35.3 Å². The fourth-order valence-corrected chi connectivity index (χ4v) is 3.88. The Morgan fingerprint density at radius 3 is 2.81 bits per heavy atom. The van der Waals surface area contributed by atoms with Crippen LogP contribution in [0.4, 0.5) is 5.69 Å². The van der Waals surface area contributed by atoms with E-state index in [2.05, 4.69) is 5.32 Å². The number of carbonyl (C=O) groups is 3. The van der Waals surface area contributed by atoms with E-state index in [4.69, 9.17) is 5.11 Å². The van der Waals surface area contributed by atoms with Crippen LogP contribution in [0.1, 0.15) is 39.2 Å². The molecular weight excluding hydrogens is 352 g/mol. The average Bonchev–Trinajstić information content (AvgIpc) is 3.08. The van der Waals surface area contributed by atoms with Gasteiger partial charge >= 0.3 is 5.97 Å². The fraction of sp³-hybridized carbons (Fsp3) is 0.316. The Bertz CT molecular complexity index is 859. The third kappa shape index (κ3) is 4.11. The largest absolute Gasteiger partial charge is 0.478 e. The average molecular weight is 372 g/mol. The zero-order valence-corrected chi connectivity index (χ0v) is 15.3. The minimum absolute atomic E-state index is 0.0351. The number of nitrogens with zero attached hydrogens (tertiary/aromatic N) is 1. The van der Waals surface area contributed by atoms with E-state index in [0.717, 1.165) is 6.42 Å². The minimum Gasteiger partial charge on any atom is -0.478 e. The van der Waals surface area contributed by atoms with Gasteiger partial charge in [-0.2, -0.15) is 0 Å². The molecule has 0 bridgehead atoms. The normalized spacial score (nSPS) is 13.2. The maximum absolute atomic E-state index is 12.3. The maximum Gasteiger partial charge on any atom is 0.336 e. The third-order valence-electron chi connectivity index (χ3n) is 4.48. The number of amides is 2. The van der Waals surface area contributed by atoms with Gasteiger partial charge < -0.3 is 15.3 Å². The van der Waals surface area contributed by atoms with Crippen molar-refractivity contribution in [2.45, 2.75) is 32.7 Å². The van der Waals surface area contributed by atoms with Gasteiger partial charge in [0.1, 0.15) is 0 Å². The summed E-state index contributed by atoms with van der Waals surface area (Å²) < 4.78 is 0. The van der Waals surface area contributed by atoms with Gasteiger partial charge in [0, 0.05) is 36.5 Å². The Hall–Kier alpha value is -2.67. The van der Waals surface area contributed by atoms with Crippen LogP contribution in [0.25, 0.3) is 0 Å². The van der Waals surface area contributed by atoms with Crippen LogP contribution in [0.3, 0.4) is 0 Å². The number of thiophene rings is 1. The highest BCUT2D eigenvalue weighted by Gasteiger charge is 2.21. The number of benzene rings is 1. The standard InChI is InChI=1S/C19H20N2O4S/c1-12-2-3-14(10-15(12)19(24)25)20-17(22)4-5-18(23)21-8-6-16-13(11-21)7-9-26-16/h2-3,7,9-10H,4-6,8,11H2,1H3,(H,20,22)(H,24,25). The van der Waals surface area contributed by atoms with Gasteiger partial charge in [-0.3, -0.25) is 9.59 Å². The number of carbonyl (C=O) groups excluding carboxylic acids is 2. The summed E-state index contributed by atoms with van der Waals surface area (Å²) in [5.41, 5.74) is 2.40. The summed E-state index contributed by atoms with van der Waals surface area (Å²) in [4.78, 5) is 38.7. The summed E-state index contributed by atoms with van der Waals surface area (Å²) in [5, 5.41) is 13.8. The summed E-state index contributed by atoms with van der Waals surface area (Å²) in [7, 11) is 0. The highest BCUT2D eigenvalue weighted by molar-refractivity contribution is 7.10. The fourth-order valence-electron chi connectivity index (χ4n) is 2.99. The highest BCUT2D eigenvalue weighted by atomic mass is 32.1. The Morgan fingerprint density at radius 2 is 2.04 bits per heavy atom. The molecule has 0 radical (unpaired) electrons. The van der Waals surface area contributed by atoms with Crippen LogP contribution in [-0.2, 0) is 22.6 Å². The number of fused-ring (bicyclic) bond motifs is 1. The van der Waals surface area contributed by atoms with Gasteiger partial charge in [-0.15, -0.1) is 11.3 Å². The number of aryl methyl sites for hydroxylation is 1. The van der Waals surface area contributed by atoms with Gasteiger partial charge in [-0.1, -0.05) is 6.07 Å².